The highest BCUT2D eigenvalue weighted by atomic mass is 16.5. The molecule has 0 aromatic heterocycles. The Bertz CT molecular complexity index is 1200. The van der Waals surface area contributed by atoms with Crippen molar-refractivity contribution in [1.82, 2.24) is 4.90 Å². The molecule has 35 heavy (non-hydrogen) atoms. The minimum atomic E-state index is -0.327. The third kappa shape index (κ3) is 6.08. The van der Waals surface area contributed by atoms with Crippen molar-refractivity contribution in [3.8, 4) is 0 Å². The van der Waals surface area contributed by atoms with Gasteiger partial charge in [-0.3, -0.25) is 0 Å². The maximum atomic E-state index is 10.1. The molecule has 0 bridgehead atoms. The van der Waals surface area contributed by atoms with Crippen LogP contribution in [0.5, 0.6) is 0 Å². The summed E-state index contributed by atoms with van der Waals surface area (Å²) in [7, 11) is 3.75. The number of allylic oxidation sites excluding steroid dienone is 1. The van der Waals surface area contributed by atoms with Crippen LogP contribution in [0.3, 0.4) is 0 Å². The molecule has 4 heteroatoms. The minimum Gasteiger partial charge on any atom is -0.396 e. The molecule has 0 amide bonds. The summed E-state index contributed by atoms with van der Waals surface area (Å²) in [5.41, 5.74) is 4.50. The van der Waals surface area contributed by atoms with E-state index in [1.807, 2.05) is 31.6 Å². The van der Waals surface area contributed by atoms with Gasteiger partial charge in [0.2, 0.25) is 0 Å². The predicted molar refractivity (Wildman–Crippen MR) is 149 cm³/mol. The van der Waals surface area contributed by atoms with Crippen LogP contribution >= 0.6 is 0 Å². The fourth-order valence-electron chi connectivity index (χ4n) is 4.87. The zero-order valence-corrected chi connectivity index (χ0v) is 21.5. The summed E-state index contributed by atoms with van der Waals surface area (Å²) >= 11 is 0. The second kappa shape index (κ2) is 12.0. The molecule has 0 saturated heterocycles. The van der Waals surface area contributed by atoms with Gasteiger partial charge in [-0.05, 0) is 52.8 Å². The van der Waals surface area contributed by atoms with Gasteiger partial charge in [0, 0.05) is 38.8 Å². The molecule has 2 atom stereocenters. The number of benzene rings is 3. The molecule has 184 valence electrons. The Morgan fingerprint density at radius 2 is 1.77 bits per heavy atom. The summed E-state index contributed by atoms with van der Waals surface area (Å²) in [5.74, 6) is 0. The number of hydrogen-bond acceptors (Lipinski definition) is 3. The first-order chi connectivity index (χ1) is 16.8. The second-order valence-corrected chi connectivity index (χ2v) is 9.40. The molecule has 0 heterocycles. The monoisotopic (exact) mass is 470 g/mol. The van der Waals surface area contributed by atoms with Crippen molar-refractivity contribution in [1.29, 1.82) is 0 Å². The Morgan fingerprint density at radius 1 is 1.09 bits per heavy atom. The molecule has 4 nitrogen and oxygen atoms in total. The summed E-state index contributed by atoms with van der Waals surface area (Å²) in [5, 5.41) is 12.5. The van der Waals surface area contributed by atoms with Gasteiger partial charge in [-0.15, -0.1) is 0 Å². The van der Waals surface area contributed by atoms with Gasteiger partial charge < -0.3 is 14.7 Å². The number of ether oxygens (including phenoxy) is 1. The van der Waals surface area contributed by atoms with Crippen molar-refractivity contribution in [2.45, 2.75) is 38.1 Å². The fraction of sp³-hybridized carbons (Fsp3) is 0.323. The maximum Gasteiger partial charge on any atom is 0.0912 e. The van der Waals surface area contributed by atoms with Crippen molar-refractivity contribution >= 4 is 22.7 Å². The molecule has 0 fully saturated rings. The van der Waals surface area contributed by atoms with Crippen LogP contribution in [0.15, 0.2) is 90.6 Å². The number of aryl methyl sites for hydroxylation is 1. The zero-order valence-electron chi connectivity index (χ0n) is 21.5. The highest BCUT2D eigenvalue weighted by Crippen LogP contribution is 2.37. The number of aliphatic hydroxyl groups is 1. The number of rotatable bonds is 12. The van der Waals surface area contributed by atoms with E-state index in [2.05, 4.69) is 80.4 Å². The molecule has 0 saturated carbocycles. The van der Waals surface area contributed by atoms with E-state index in [-0.39, 0.29) is 18.1 Å². The normalized spacial score (nSPS) is 14.1. The Morgan fingerprint density at radius 3 is 2.46 bits per heavy atom. The van der Waals surface area contributed by atoms with Crippen LogP contribution in [0.25, 0.3) is 16.3 Å². The Balaban J connectivity index is 1.92. The van der Waals surface area contributed by atoms with Crippen LogP contribution in [0.1, 0.15) is 36.5 Å². The summed E-state index contributed by atoms with van der Waals surface area (Å²) < 4.78 is 5.47. The largest absolute Gasteiger partial charge is 0.396 e. The SMILES string of the molecule is C=C(N=CN(C)C(CCOC)C(C)(CCO)c1ccc2ccccc2c1)C(=C)c1ccccc1C. The first kappa shape index (κ1) is 26.4. The lowest BCUT2D eigenvalue weighted by atomic mass is 9.71. The van der Waals surface area contributed by atoms with E-state index in [1.54, 1.807) is 7.11 Å². The van der Waals surface area contributed by atoms with E-state index in [0.29, 0.717) is 18.7 Å². The Hall–Kier alpha value is -3.21. The van der Waals surface area contributed by atoms with Crippen molar-refractivity contribution < 1.29 is 9.84 Å². The summed E-state index contributed by atoms with van der Waals surface area (Å²) in [6.07, 6.45) is 3.24. The van der Waals surface area contributed by atoms with Gasteiger partial charge in [-0.2, -0.15) is 0 Å². The summed E-state index contributed by atoms with van der Waals surface area (Å²) in [6.45, 7) is 13.4. The number of nitrogens with zero attached hydrogens (tertiary/aromatic N) is 2. The highest BCUT2D eigenvalue weighted by Gasteiger charge is 2.37. The number of methoxy groups -OCH3 is 1. The van der Waals surface area contributed by atoms with Crippen molar-refractivity contribution in [2.24, 2.45) is 4.99 Å². The lowest BCUT2D eigenvalue weighted by Gasteiger charge is -2.42. The third-order valence-corrected chi connectivity index (χ3v) is 7.08. The third-order valence-electron chi connectivity index (χ3n) is 7.08. The van der Waals surface area contributed by atoms with E-state index >= 15 is 0 Å². The van der Waals surface area contributed by atoms with E-state index in [4.69, 9.17) is 9.73 Å². The molecular weight excluding hydrogens is 432 g/mol. The van der Waals surface area contributed by atoms with E-state index in [9.17, 15) is 5.11 Å². The molecule has 0 spiro atoms. The molecule has 0 aliphatic heterocycles. The molecule has 3 rings (SSSR count). The van der Waals surface area contributed by atoms with Crippen LogP contribution in [-0.2, 0) is 10.2 Å². The number of aliphatic imine (C=N–C) groups is 1. The minimum absolute atomic E-state index is 0.0408. The van der Waals surface area contributed by atoms with E-state index in [0.717, 1.165) is 23.1 Å². The zero-order chi connectivity index (χ0) is 25.4. The first-order valence-corrected chi connectivity index (χ1v) is 12.1. The molecule has 2 unspecified atom stereocenters. The molecule has 3 aromatic rings. The van der Waals surface area contributed by atoms with Gasteiger partial charge in [-0.1, -0.05) is 86.8 Å². The first-order valence-electron chi connectivity index (χ1n) is 12.1. The lowest BCUT2D eigenvalue weighted by Crippen LogP contribution is -2.48. The Kier molecular flexibility index (Phi) is 9.02. The van der Waals surface area contributed by atoms with Crippen molar-refractivity contribution in [3.05, 3.63) is 102 Å². The fourth-order valence-corrected chi connectivity index (χ4v) is 4.87. The van der Waals surface area contributed by atoms with Crippen molar-refractivity contribution in [2.75, 3.05) is 27.4 Å². The Labute approximate surface area is 210 Å². The number of hydrogen-bond donors (Lipinski definition) is 1. The molecule has 3 aromatic carbocycles. The second-order valence-electron chi connectivity index (χ2n) is 9.40. The smallest absolute Gasteiger partial charge is 0.0912 e. The molecule has 0 radical (unpaired) electrons. The standard InChI is InChI=1S/C31H38N2O2/c1-23-11-7-10-14-29(23)24(2)25(3)32-22-33(5)30(17-20-35-6)31(4,18-19-34)28-16-15-26-12-8-9-13-27(26)21-28/h7-16,21-22,30,34H,2-3,17-20H2,1,4-6H3. The van der Waals surface area contributed by atoms with Crippen LogP contribution in [0, 0.1) is 6.92 Å². The average Bonchev–Trinajstić information content (AvgIpc) is 2.87. The van der Waals surface area contributed by atoms with Crippen LogP contribution in [-0.4, -0.2) is 49.8 Å². The highest BCUT2D eigenvalue weighted by molar-refractivity contribution is 5.83. The van der Waals surface area contributed by atoms with E-state index < -0.39 is 0 Å². The topological polar surface area (TPSA) is 45.1 Å². The number of aliphatic hydroxyl groups excluding tert-OH is 1. The lowest BCUT2D eigenvalue weighted by molar-refractivity contribution is 0.122. The molecule has 1 N–H and O–H groups in total. The molecule has 0 aliphatic carbocycles. The van der Waals surface area contributed by atoms with Gasteiger partial charge in [0.15, 0.2) is 0 Å². The van der Waals surface area contributed by atoms with Gasteiger partial charge in [0.1, 0.15) is 0 Å². The van der Waals surface area contributed by atoms with Gasteiger partial charge in [-0.25, -0.2) is 4.99 Å². The van der Waals surface area contributed by atoms with Gasteiger partial charge in [0.25, 0.3) is 0 Å². The number of fused-ring (bicyclic) bond motifs is 1. The average molecular weight is 471 g/mol. The molecule has 0 aliphatic rings. The van der Waals surface area contributed by atoms with Gasteiger partial charge in [0.05, 0.1) is 12.0 Å². The van der Waals surface area contributed by atoms with Crippen LogP contribution in [0.2, 0.25) is 0 Å². The maximum absolute atomic E-state index is 10.1. The van der Waals surface area contributed by atoms with Crippen molar-refractivity contribution in [3.63, 3.8) is 0 Å². The van der Waals surface area contributed by atoms with E-state index in [1.165, 1.54) is 16.3 Å². The predicted octanol–water partition coefficient (Wildman–Crippen LogP) is 6.38. The van der Waals surface area contributed by atoms with Gasteiger partial charge >= 0.3 is 0 Å². The summed E-state index contributed by atoms with van der Waals surface area (Å²) in [6, 6.07) is 23.1. The summed E-state index contributed by atoms with van der Waals surface area (Å²) in [4.78, 5) is 6.82. The van der Waals surface area contributed by atoms with Crippen LogP contribution in [0.4, 0.5) is 0 Å². The quantitative estimate of drug-likeness (QED) is 0.190. The van der Waals surface area contributed by atoms with Crippen LogP contribution < -0.4 is 0 Å². The molecular formula is C31H38N2O2. The number of likely N-dealkylation sites (N-methyl/N-ethyl adjacent to an activating group) is 1.